The molecule has 0 aliphatic rings. The molecule has 0 radical (unpaired) electrons. The van der Waals surface area contributed by atoms with E-state index in [-0.39, 0.29) is 11.9 Å². The molecule has 0 saturated carbocycles. The molecule has 1 amide bonds. The average Bonchev–Trinajstić information content (AvgIpc) is 3.08. The lowest BCUT2D eigenvalue weighted by molar-refractivity contribution is 0.0931. The van der Waals surface area contributed by atoms with Crippen LogP contribution in [0.3, 0.4) is 0 Å². The van der Waals surface area contributed by atoms with Crippen LogP contribution in [0.25, 0.3) is 16.9 Å². The van der Waals surface area contributed by atoms with Gasteiger partial charge in [0, 0.05) is 11.6 Å². The van der Waals surface area contributed by atoms with Crippen LogP contribution in [0.2, 0.25) is 0 Å². The van der Waals surface area contributed by atoms with Gasteiger partial charge in [0.1, 0.15) is 5.69 Å². The van der Waals surface area contributed by atoms with Gasteiger partial charge in [-0.1, -0.05) is 55.5 Å². The number of rotatable bonds is 5. The van der Waals surface area contributed by atoms with Crippen molar-refractivity contribution in [3.8, 4) is 16.9 Å². The van der Waals surface area contributed by atoms with Gasteiger partial charge in [0.25, 0.3) is 5.91 Å². The topological polar surface area (TPSA) is 46.9 Å². The number of hydrogen-bond acceptors (Lipinski definition) is 2. The molecule has 24 heavy (non-hydrogen) atoms. The van der Waals surface area contributed by atoms with E-state index in [4.69, 9.17) is 0 Å². The summed E-state index contributed by atoms with van der Waals surface area (Å²) < 4.78 is 1.71. The molecule has 0 bridgehead atoms. The van der Waals surface area contributed by atoms with Gasteiger partial charge in [-0.15, -0.1) is 0 Å². The molecule has 4 nitrogen and oxygen atoms in total. The minimum absolute atomic E-state index is 0.108. The number of carbonyl (C=O) groups is 1. The molecule has 1 N–H and O–H groups in total. The Morgan fingerprint density at radius 2 is 1.71 bits per heavy atom. The van der Waals surface area contributed by atoms with Crippen LogP contribution in [0.5, 0.6) is 0 Å². The quantitative estimate of drug-likeness (QED) is 0.770. The minimum atomic E-state index is -0.108. The third-order valence-electron chi connectivity index (χ3n) is 4.00. The monoisotopic (exact) mass is 319 g/mol. The molecular weight excluding hydrogens is 298 g/mol. The van der Waals surface area contributed by atoms with Crippen LogP contribution in [0.4, 0.5) is 0 Å². The first kappa shape index (κ1) is 16.0. The van der Waals surface area contributed by atoms with E-state index in [1.165, 1.54) is 0 Å². The number of amides is 1. The molecule has 0 fully saturated rings. The van der Waals surface area contributed by atoms with Crippen LogP contribution in [0.15, 0.2) is 66.7 Å². The Kier molecular flexibility index (Phi) is 4.75. The molecule has 3 rings (SSSR count). The van der Waals surface area contributed by atoms with Crippen LogP contribution < -0.4 is 5.32 Å². The van der Waals surface area contributed by atoms with E-state index in [2.05, 4.69) is 17.3 Å². The van der Waals surface area contributed by atoms with Crippen molar-refractivity contribution in [1.29, 1.82) is 0 Å². The second-order valence-electron chi connectivity index (χ2n) is 5.81. The fraction of sp³-hybridized carbons (Fsp3) is 0.200. The van der Waals surface area contributed by atoms with Crippen LogP contribution in [-0.2, 0) is 0 Å². The molecule has 0 aliphatic heterocycles. The van der Waals surface area contributed by atoms with Crippen LogP contribution >= 0.6 is 0 Å². The lowest BCUT2D eigenvalue weighted by Crippen LogP contribution is -2.33. The number of para-hydroxylation sites is 1. The third kappa shape index (κ3) is 3.38. The van der Waals surface area contributed by atoms with Crippen molar-refractivity contribution in [2.75, 3.05) is 0 Å². The molecule has 1 aromatic heterocycles. The molecule has 122 valence electrons. The van der Waals surface area contributed by atoms with Gasteiger partial charge in [-0.05, 0) is 31.5 Å². The average molecular weight is 319 g/mol. The molecule has 0 saturated heterocycles. The number of nitrogens with zero attached hydrogens (tertiary/aromatic N) is 2. The van der Waals surface area contributed by atoms with E-state index in [9.17, 15) is 4.79 Å². The Morgan fingerprint density at radius 1 is 1.08 bits per heavy atom. The molecule has 0 aliphatic carbocycles. The van der Waals surface area contributed by atoms with E-state index in [0.717, 1.165) is 23.4 Å². The van der Waals surface area contributed by atoms with Crippen LogP contribution in [0.1, 0.15) is 30.8 Å². The Hall–Kier alpha value is -2.88. The van der Waals surface area contributed by atoms with Gasteiger partial charge >= 0.3 is 0 Å². The van der Waals surface area contributed by atoms with Gasteiger partial charge in [0.05, 0.1) is 11.4 Å². The van der Waals surface area contributed by atoms with E-state index >= 15 is 0 Å². The molecule has 2 aromatic carbocycles. The van der Waals surface area contributed by atoms with Crippen molar-refractivity contribution >= 4 is 5.91 Å². The first-order chi connectivity index (χ1) is 11.7. The van der Waals surface area contributed by atoms with Gasteiger partial charge < -0.3 is 5.32 Å². The van der Waals surface area contributed by atoms with Gasteiger partial charge in [-0.3, -0.25) is 4.79 Å². The minimum Gasteiger partial charge on any atom is -0.348 e. The van der Waals surface area contributed by atoms with Crippen LogP contribution in [0, 0.1) is 0 Å². The van der Waals surface area contributed by atoms with Gasteiger partial charge in [-0.2, -0.15) is 5.10 Å². The standard InChI is InChI=1S/C20H21N3O/c1-3-15(2)21-20(24)19-14-18(16-10-6-4-7-11-16)22-23(19)17-12-8-5-9-13-17/h4-15H,3H2,1-2H3,(H,21,24)/t15-/m0/s1. The van der Waals surface area contributed by atoms with Gasteiger partial charge in [-0.25, -0.2) is 4.68 Å². The first-order valence-electron chi connectivity index (χ1n) is 8.21. The second kappa shape index (κ2) is 7.13. The summed E-state index contributed by atoms with van der Waals surface area (Å²) in [5.74, 6) is -0.108. The maximum absolute atomic E-state index is 12.7. The first-order valence-corrected chi connectivity index (χ1v) is 8.21. The van der Waals surface area contributed by atoms with Crippen molar-refractivity contribution in [2.45, 2.75) is 26.3 Å². The molecule has 4 heteroatoms. The Morgan fingerprint density at radius 3 is 2.33 bits per heavy atom. The number of nitrogens with one attached hydrogen (secondary N) is 1. The fourth-order valence-corrected chi connectivity index (χ4v) is 2.46. The maximum Gasteiger partial charge on any atom is 0.270 e. The lowest BCUT2D eigenvalue weighted by Gasteiger charge is -2.12. The predicted octanol–water partition coefficient (Wildman–Crippen LogP) is 4.07. The van der Waals surface area contributed by atoms with Crippen molar-refractivity contribution in [2.24, 2.45) is 0 Å². The molecule has 1 heterocycles. The van der Waals surface area contributed by atoms with Gasteiger partial charge in [0.15, 0.2) is 0 Å². The van der Waals surface area contributed by atoms with E-state index in [1.807, 2.05) is 73.7 Å². The normalized spacial score (nSPS) is 11.9. The highest BCUT2D eigenvalue weighted by molar-refractivity contribution is 5.94. The summed E-state index contributed by atoms with van der Waals surface area (Å²) in [5, 5.41) is 7.68. The summed E-state index contributed by atoms with van der Waals surface area (Å²) in [6.45, 7) is 4.05. The Balaban J connectivity index is 2.05. The molecule has 1 atom stereocenters. The maximum atomic E-state index is 12.7. The molecular formula is C20H21N3O. The molecule has 0 spiro atoms. The van der Waals surface area contributed by atoms with Crippen LogP contribution in [-0.4, -0.2) is 21.7 Å². The van der Waals surface area contributed by atoms with Crippen molar-refractivity contribution in [3.05, 3.63) is 72.4 Å². The van der Waals surface area contributed by atoms with Crippen molar-refractivity contribution in [3.63, 3.8) is 0 Å². The Bertz CT molecular complexity index is 809. The number of aromatic nitrogens is 2. The number of hydrogen-bond donors (Lipinski definition) is 1. The lowest BCUT2D eigenvalue weighted by atomic mass is 10.1. The summed E-state index contributed by atoms with van der Waals surface area (Å²) in [4.78, 5) is 12.7. The second-order valence-corrected chi connectivity index (χ2v) is 5.81. The predicted molar refractivity (Wildman–Crippen MR) is 96.2 cm³/mol. The van der Waals surface area contributed by atoms with E-state index in [1.54, 1.807) is 4.68 Å². The van der Waals surface area contributed by atoms with E-state index in [0.29, 0.717) is 5.69 Å². The Labute approximate surface area is 142 Å². The number of carbonyl (C=O) groups excluding carboxylic acids is 1. The largest absolute Gasteiger partial charge is 0.348 e. The highest BCUT2D eigenvalue weighted by Gasteiger charge is 2.18. The highest BCUT2D eigenvalue weighted by Crippen LogP contribution is 2.21. The summed E-state index contributed by atoms with van der Waals surface area (Å²) in [6, 6.07) is 21.6. The summed E-state index contributed by atoms with van der Waals surface area (Å²) in [7, 11) is 0. The number of benzene rings is 2. The third-order valence-corrected chi connectivity index (χ3v) is 4.00. The fourth-order valence-electron chi connectivity index (χ4n) is 2.46. The zero-order chi connectivity index (χ0) is 16.9. The van der Waals surface area contributed by atoms with Crippen molar-refractivity contribution < 1.29 is 4.79 Å². The molecule has 3 aromatic rings. The highest BCUT2D eigenvalue weighted by atomic mass is 16.2. The van der Waals surface area contributed by atoms with E-state index < -0.39 is 0 Å². The molecule has 0 unspecified atom stereocenters. The zero-order valence-corrected chi connectivity index (χ0v) is 13.9. The summed E-state index contributed by atoms with van der Waals surface area (Å²) in [5.41, 5.74) is 3.19. The zero-order valence-electron chi connectivity index (χ0n) is 13.9. The summed E-state index contributed by atoms with van der Waals surface area (Å²) >= 11 is 0. The summed E-state index contributed by atoms with van der Waals surface area (Å²) in [6.07, 6.45) is 0.886. The van der Waals surface area contributed by atoms with Crippen molar-refractivity contribution in [1.82, 2.24) is 15.1 Å². The van der Waals surface area contributed by atoms with Gasteiger partial charge in [0.2, 0.25) is 0 Å². The SMILES string of the molecule is CC[C@H](C)NC(=O)c1cc(-c2ccccc2)nn1-c1ccccc1. The smallest absolute Gasteiger partial charge is 0.270 e.